The van der Waals surface area contributed by atoms with Gasteiger partial charge in [0.15, 0.2) is 5.76 Å². The molecule has 0 saturated carbocycles. The summed E-state index contributed by atoms with van der Waals surface area (Å²) < 4.78 is 10.9. The van der Waals surface area contributed by atoms with E-state index in [0.29, 0.717) is 37.5 Å². The van der Waals surface area contributed by atoms with E-state index in [2.05, 4.69) is 11.0 Å². The van der Waals surface area contributed by atoms with Crippen molar-refractivity contribution in [2.75, 3.05) is 33.3 Å². The van der Waals surface area contributed by atoms with E-state index in [1.165, 1.54) is 12.1 Å². The first-order valence-corrected chi connectivity index (χ1v) is 10.4. The number of hydrogen-bond donors (Lipinski definition) is 0. The van der Waals surface area contributed by atoms with Crippen LogP contribution in [0.5, 0.6) is 5.75 Å². The van der Waals surface area contributed by atoms with Crippen molar-refractivity contribution >= 4 is 11.6 Å². The van der Waals surface area contributed by atoms with E-state index in [4.69, 9.17) is 9.15 Å². The molecule has 1 aliphatic heterocycles. The average molecular weight is 446 g/mol. The van der Waals surface area contributed by atoms with E-state index in [-0.39, 0.29) is 17.4 Å². The van der Waals surface area contributed by atoms with Crippen molar-refractivity contribution in [2.24, 2.45) is 0 Å². The molecule has 0 bridgehead atoms. The predicted molar refractivity (Wildman–Crippen MR) is 120 cm³/mol. The van der Waals surface area contributed by atoms with Crippen LogP contribution in [0.25, 0.3) is 11.3 Å². The lowest BCUT2D eigenvalue weighted by atomic mass is 10.1. The lowest BCUT2D eigenvalue weighted by molar-refractivity contribution is -0.384. The number of nitro groups is 1. The second kappa shape index (κ2) is 9.54. The molecule has 1 atom stereocenters. The zero-order valence-electron chi connectivity index (χ0n) is 18.0. The highest BCUT2D eigenvalue weighted by Crippen LogP contribution is 2.27. The van der Waals surface area contributed by atoms with Crippen molar-refractivity contribution in [1.29, 1.82) is 5.26 Å². The Morgan fingerprint density at radius 2 is 1.73 bits per heavy atom. The summed E-state index contributed by atoms with van der Waals surface area (Å²) >= 11 is 0. The van der Waals surface area contributed by atoms with Crippen LogP contribution < -0.4 is 4.74 Å². The van der Waals surface area contributed by atoms with Gasteiger partial charge in [0.25, 0.3) is 11.6 Å². The number of hydrogen-bond acceptors (Lipinski definition) is 7. The third kappa shape index (κ3) is 4.71. The van der Waals surface area contributed by atoms with Gasteiger partial charge in [-0.1, -0.05) is 12.1 Å². The summed E-state index contributed by atoms with van der Waals surface area (Å²) in [5.74, 6) is 1.19. The van der Waals surface area contributed by atoms with Gasteiger partial charge in [-0.15, -0.1) is 0 Å². The number of methoxy groups -OCH3 is 1. The smallest absolute Gasteiger partial charge is 0.289 e. The molecule has 4 rings (SSSR count). The van der Waals surface area contributed by atoms with Gasteiger partial charge in [0.2, 0.25) is 0 Å². The molecule has 2 heterocycles. The number of nitro benzene ring substituents is 1. The second-order valence-corrected chi connectivity index (χ2v) is 7.60. The number of benzene rings is 2. The van der Waals surface area contributed by atoms with Crippen molar-refractivity contribution in [3.05, 3.63) is 82.1 Å². The molecule has 168 valence electrons. The van der Waals surface area contributed by atoms with Crippen molar-refractivity contribution in [1.82, 2.24) is 9.80 Å². The topological polar surface area (TPSA) is 113 Å². The van der Waals surface area contributed by atoms with Crippen molar-refractivity contribution in [3.8, 4) is 23.1 Å². The number of carbonyl (C=O) groups is 1. The first-order valence-electron chi connectivity index (χ1n) is 10.4. The average Bonchev–Trinajstić information content (AvgIpc) is 3.35. The molecule has 0 spiro atoms. The van der Waals surface area contributed by atoms with Gasteiger partial charge in [0.05, 0.1) is 18.1 Å². The van der Waals surface area contributed by atoms with E-state index in [1.807, 2.05) is 24.3 Å². The summed E-state index contributed by atoms with van der Waals surface area (Å²) in [5.41, 5.74) is 1.53. The Morgan fingerprint density at radius 1 is 1.06 bits per heavy atom. The number of amides is 1. The fraction of sp³-hybridized carbons (Fsp3) is 0.250. The predicted octanol–water partition coefficient (Wildman–Crippen LogP) is 3.89. The fourth-order valence-corrected chi connectivity index (χ4v) is 3.85. The molecule has 33 heavy (non-hydrogen) atoms. The molecule has 0 radical (unpaired) electrons. The Bertz CT molecular complexity index is 1170. The van der Waals surface area contributed by atoms with Gasteiger partial charge in [-0.25, -0.2) is 0 Å². The van der Waals surface area contributed by atoms with Gasteiger partial charge < -0.3 is 14.1 Å². The normalized spacial score (nSPS) is 15.0. The molecule has 0 N–H and O–H groups in total. The second-order valence-electron chi connectivity index (χ2n) is 7.60. The molecule has 1 aromatic heterocycles. The van der Waals surface area contributed by atoms with Gasteiger partial charge in [-0.05, 0) is 42.0 Å². The van der Waals surface area contributed by atoms with Crippen LogP contribution in [-0.4, -0.2) is 53.9 Å². The van der Waals surface area contributed by atoms with E-state index in [0.717, 1.165) is 11.3 Å². The minimum absolute atomic E-state index is 0.00945. The Hall–Kier alpha value is -4.16. The number of rotatable bonds is 6. The zero-order chi connectivity index (χ0) is 23.4. The Morgan fingerprint density at radius 3 is 2.30 bits per heavy atom. The summed E-state index contributed by atoms with van der Waals surface area (Å²) in [6, 6.07) is 18.6. The molecule has 1 amide bonds. The number of carbonyl (C=O) groups excluding carboxylic acids is 1. The molecule has 9 nitrogen and oxygen atoms in total. The zero-order valence-corrected chi connectivity index (χ0v) is 18.0. The Labute approximate surface area is 190 Å². The number of furan rings is 1. The molecule has 1 saturated heterocycles. The first kappa shape index (κ1) is 22.0. The molecule has 1 unspecified atom stereocenters. The minimum Gasteiger partial charge on any atom is -0.497 e. The van der Waals surface area contributed by atoms with Crippen LogP contribution in [-0.2, 0) is 0 Å². The van der Waals surface area contributed by atoms with Gasteiger partial charge >= 0.3 is 0 Å². The quantitative estimate of drug-likeness (QED) is 0.417. The third-order valence-electron chi connectivity index (χ3n) is 5.70. The van der Waals surface area contributed by atoms with Gasteiger partial charge in [0.1, 0.15) is 17.6 Å². The standard InChI is InChI=1S/C24H22N4O5/c1-32-20-8-4-17(5-9-20)21(16-25)26-12-14-27(15-13-26)24(29)23-11-10-22(33-23)18-2-6-19(7-3-18)28(30)31/h2-11,21H,12-15H2,1H3. The van der Waals surface area contributed by atoms with Gasteiger partial charge in [0, 0.05) is 43.9 Å². The summed E-state index contributed by atoms with van der Waals surface area (Å²) in [7, 11) is 1.60. The molecule has 1 fully saturated rings. The van der Waals surface area contributed by atoms with Crippen molar-refractivity contribution in [2.45, 2.75) is 6.04 Å². The Balaban J connectivity index is 1.39. The van der Waals surface area contributed by atoms with Crippen LogP contribution in [0.2, 0.25) is 0 Å². The summed E-state index contributed by atoms with van der Waals surface area (Å²) in [4.78, 5) is 27.0. The highest BCUT2D eigenvalue weighted by atomic mass is 16.6. The van der Waals surface area contributed by atoms with Crippen LogP contribution in [0.4, 0.5) is 5.69 Å². The van der Waals surface area contributed by atoms with Crippen LogP contribution in [0.3, 0.4) is 0 Å². The van der Waals surface area contributed by atoms with E-state index >= 15 is 0 Å². The van der Waals surface area contributed by atoms with Crippen LogP contribution in [0.1, 0.15) is 22.2 Å². The number of piperazine rings is 1. The summed E-state index contributed by atoms with van der Waals surface area (Å²) in [6.45, 7) is 2.07. The number of nitrogens with zero attached hydrogens (tertiary/aromatic N) is 4. The lowest BCUT2D eigenvalue weighted by Crippen LogP contribution is -2.49. The maximum Gasteiger partial charge on any atom is 0.289 e. The number of nitriles is 1. The molecule has 3 aromatic rings. The molecule has 9 heteroatoms. The van der Waals surface area contributed by atoms with E-state index in [9.17, 15) is 20.2 Å². The van der Waals surface area contributed by atoms with E-state index in [1.54, 1.807) is 36.3 Å². The fourth-order valence-electron chi connectivity index (χ4n) is 3.85. The maximum atomic E-state index is 12.9. The number of ether oxygens (including phenoxy) is 1. The monoisotopic (exact) mass is 446 g/mol. The number of non-ortho nitro benzene ring substituents is 1. The minimum atomic E-state index is -0.466. The third-order valence-corrected chi connectivity index (χ3v) is 5.70. The highest BCUT2D eigenvalue weighted by molar-refractivity contribution is 5.92. The van der Waals surface area contributed by atoms with Crippen molar-refractivity contribution < 1.29 is 18.9 Å². The molecule has 0 aliphatic carbocycles. The molecular weight excluding hydrogens is 424 g/mol. The van der Waals surface area contributed by atoms with Crippen molar-refractivity contribution in [3.63, 3.8) is 0 Å². The SMILES string of the molecule is COc1ccc(C(C#N)N2CCN(C(=O)c3ccc(-c4ccc([N+](=O)[O-])cc4)o3)CC2)cc1. The maximum absolute atomic E-state index is 12.9. The first-order chi connectivity index (χ1) is 16.0. The van der Waals surface area contributed by atoms with E-state index < -0.39 is 11.0 Å². The van der Waals surface area contributed by atoms with Crippen LogP contribution in [0, 0.1) is 21.4 Å². The molecular formula is C24H22N4O5. The Kier molecular flexibility index (Phi) is 6.38. The molecule has 1 aliphatic rings. The van der Waals surface area contributed by atoms with Crippen LogP contribution >= 0.6 is 0 Å². The lowest BCUT2D eigenvalue weighted by Gasteiger charge is -2.36. The summed E-state index contributed by atoms with van der Waals surface area (Å²) in [6.07, 6.45) is 0. The van der Waals surface area contributed by atoms with Crippen LogP contribution in [0.15, 0.2) is 65.1 Å². The van der Waals surface area contributed by atoms with Gasteiger partial charge in [-0.2, -0.15) is 5.26 Å². The largest absolute Gasteiger partial charge is 0.497 e. The van der Waals surface area contributed by atoms with Gasteiger partial charge in [-0.3, -0.25) is 19.8 Å². The highest BCUT2D eigenvalue weighted by Gasteiger charge is 2.28. The summed E-state index contributed by atoms with van der Waals surface area (Å²) in [5, 5.41) is 20.5. The molecule has 2 aromatic carbocycles.